The largest absolute Gasteiger partial charge is 0.320 e. The van der Waals surface area contributed by atoms with Crippen LogP contribution in [0, 0.1) is 12.7 Å². The second-order valence-electron chi connectivity index (χ2n) is 6.99. The summed E-state index contributed by atoms with van der Waals surface area (Å²) < 4.78 is 40.7. The second kappa shape index (κ2) is 8.21. The number of carbonyl (C=O) groups is 1. The van der Waals surface area contributed by atoms with Crippen molar-refractivity contribution in [1.82, 2.24) is 14.5 Å². The third-order valence-electron chi connectivity index (χ3n) is 4.85. The van der Waals surface area contributed by atoms with Crippen LogP contribution < -0.4 is 5.32 Å². The van der Waals surface area contributed by atoms with Crippen LogP contribution in [0.3, 0.4) is 0 Å². The standard InChI is InChI=1S/C20H19FN4O3S2/c1-13-4-10-16(11-5-13)30(27,28)25-12-2-3-17(25)19-23-24-20(29-19)18(26)22-15-8-6-14(21)7-9-15/h4-11,17H,2-3,12H2,1H3,(H,22,26). The average molecular weight is 447 g/mol. The van der Waals surface area contributed by atoms with Gasteiger partial charge in [-0.05, 0) is 56.2 Å². The van der Waals surface area contributed by atoms with Crippen LogP contribution in [-0.4, -0.2) is 35.4 Å². The van der Waals surface area contributed by atoms with Crippen molar-refractivity contribution in [3.05, 3.63) is 69.9 Å². The van der Waals surface area contributed by atoms with Gasteiger partial charge in [-0.2, -0.15) is 4.31 Å². The lowest BCUT2D eigenvalue weighted by Crippen LogP contribution is -2.30. The summed E-state index contributed by atoms with van der Waals surface area (Å²) in [5.74, 6) is -0.876. The zero-order valence-corrected chi connectivity index (χ0v) is 17.7. The fourth-order valence-electron chi connectivity index (χ4n) is 3.30. The summed E-state index contributed by atoms with van der Waals surface area (Å²) in [7, 11) is -3.68. The molecule has 1 aromatic heterocycles. The first-order valence-electron chi connectivity index (χ1n) is 9.33. The Kier molecular flexibility index (Phi) is 5.63. The molecule has 10 heteroatoms. The zero-order valence-electron chi connectivity index (χ0n) is 16.1. The number of hydrogen-bond donors (Lipinski definition) is 1. The van der Waals surface area contributed by atoms with Crippen molar-refractivity contribution in [3.8, 4) is 0 Å². The van der Waals surface area contributed by atoms with Crippen LogP contribution in [-0.2, 0) is 10.0 Å². The molecule has 1 saturated heterocycles. The predicted octanol–water partition coefficient (Wildman–Crippen LogP) is 3.76. The fraction of sp³-hybridized carbons (Fsp3) is 0.250. The normalized spacial score (nSPS) is 17.2. The van der Waals surface area contributed by atoms with Crippen LogP contribution in [0.5, 0.6) is 0 Å². The van der Waals surface area contributed by atoms with Gasteiger partial charge in [0.1, 0.15) is 10.8 Å². The molecule has 1 unspecified atom stereocenters. The minimum atomic E-state index is -3.68. The third kappa shape index (κ3) is 4.11. The van der Waals surface area contributed by atoms with E-state index in [1.54, 1.807) is 24.3 Å². The SMILES string of the molecule is Cc1ccc(S(=O)(=O)N2CCCC2c2nnc(C(=O)Nc3ccc(F)cc3)s2)cc1. The number of hydrogen-bond acceptors (Lipinski definition) is 6. The summed E-state index contributed by atoms with van der Waals surface area (Å²) in [6, 6.07) is 11.6. The van der Waals surface area contributed by atoms with Crippen LogP contribution >= 0.6 is 11.3 Å². The molecule has 2 aromatic carbocycles. The molecule has 156 valence electrons. The molecule has 1 aliphatic rings. The molecule has 0 aliphatic carbocycles. The van der Waals surface area contributed by atoms with E-state index in [9.17, 15) is 17.6 Å². The Labute approximate surface area is 177 Å². The quantitative estimate of drug-likeness (QED) is 0.644. The fourth-order valence-corrected chi connectivity index (χ4v) is 5.91. The van der Waals surface area contributed by atoms with Gasteiger partial charge in [0.05, 0.1) is 10.9 Å². The first-order chi connectivity index (χ1) is 14.3. The number of rotatable bonds is 5. The summed E-state index contributed by atoms with van der Waals surface area (Å²) >= 11 is 1.06. The van der Waals surface area contributed by atoms with Crippen LogP contribution in [0.2, 0.25) is 0 Å². The van der Waals surface area contributed by atoms with Crippen molar-refractivity contribution in [2.24, 2.45) is 0 Å². The van der Waals surface area contributed by atoms with Gasteiger partial charge in [0.25, 0.3) is 5.91 Å². The Hall–Kier alpha value is -2.69. The van der Waals surface area contributed by atoms with Crippen molar-refractivity contribution >= 4 is 33.0 Å². The minimum Gasteiger partial charge on any atom is -0.320 e. The number of anilines is 1. The molecule has 1 atom stereocenters. The monoisotopic (exact) mass is 446 g/mol. The van der Waals surface area contributed by atoms with E-state index < -0.39 is 27.8 Å². The maximum Gasteiger partial charge on any atom is 0.286 e. The Morgan fingerprint density at radius 3 is 2.53 bits per heavy atom. The molecule has 1 fully saturated rings. The van der Waals surface area contributed by atoms with E-state index in [1.807, 2.05) is 6.92 Å². The summed E-state index contributed by atoms with van der Waals surface area (Å²) in [4.78, 5) is 12.7. The minimum absolute atomic E-state index is 0.119. The van der Waals surface area contributed by atoms with Gasteiger partial charge in [-0.3, -0.25) is 4.79 Å². The van der Waals surface area contributed by atoms with Crippen LogP contribution in [0.15, 0.2) is 53.4 Å². The molecule has 4 rings (SSSR count). The van der Waals surface area contributed by atoms with Gasteiger partial charge < -0.3 is 5.32 Å². The lowest BCUT2D eigenvalue weighted by molar-refractivity contribution is 0.102. The van der Waals surface area contributed by atoms with Crippen molar-refractivity contribution in [2.45, 2.75) is 30.7 Å². The van der Waals surface area contributed by atoms with Gasteiger partial charge in [-0.1, -0.05) is 29.0 Å². The smallest absolute Gasteiger partial charge is 0.286 e. The van der Waals surface area contributed by atoms with Crippen LogP contribution in [0.1, 0.15) is 39.3 Å². The number of carbonyl (C=O) groups excluding carboxylic acids is 1. The predicted molar refractivity (Wildman–Crippen MR) is 111 cm³/mol. The van der Waals surface area contributed by atoms with Gasteiger partial charge in [-0.15, -0.1) is 10.2 Å². The maximum absolute atomic E-state index is 13.1. The van der Waals surface area contributed by atoms with E-state index in [0.29, 0.717) is 30.1 Å². The van der Waals surface area contributed by atoms with E-state index in [2.05, 4.69) is 15.5 Å². The van der Waals surface area contributed by atoms with Gasteiger partial charge >= 0.3 is 0 Å². The summed E-state index contributed by atoms with van der Waals surface area (Å²) in [5.41, 5.74) is 1.41. The van der Waals surface area contributed by atoms with E-state index in [1.165, 1.54) is 28.6 Å². The number of aryl methyl sites for hydroxylation is 1. The van der Waals surface area contributed by atoms with Crippen molar-refractivity contribution in [3.63, 3.8) is 0 Å². The van der Waals surface area contributed by atoms with Crippen molar-refractivity contribution < 1.29 is 17.6 Å². The van der Waals surface area contributed by atoms with E-state index >= 15 is 0 Å². The maximum atomic E-state index is 13.1. The number of nitrogens with zero attached hydrogens (tertiary/aromatic N) is 3. The second-order valence-corrected chi connectivity index (χ2v) is 9.89. The molecule has 0 bridgehead atoms. The van der Waals surface area contributed by atoms with Gasteiger partial charge in [-0.25, -0.2) is 12.8 Å². The number of nitrogens with one attached hydrogen (secondary N) is 1. The van der Waals surface area contributed by atoms with Gasteiger partial charge in [0, 0.05) is 12.2 Å². The van der Waals surface area contributed by atoms with Crippen molar-refractivity contribution in [1.29, 1.82) is 0 Å². The zero-order chi connectivity index (χ0) is 21.3. The molecular formula is C20H19FN4O3S2. The number of halogens is 1. The van der Waals surface area contributed by atoms with Crippen molar-refractivity contribution in [2.75, 3.05) is 11.9 Å². The molecule has 0 spiro atoms. The third-order valence-corrected chi connectivity index (χ3v) is 7.80. The highest BCUT2D eigenvalue weighted by Gasteiger charge is 2.38. The highest BCUT2D eigenvalue weighted by atomic mass is 32.2. The first kappa shape index (κ1) is 20.6. The molecule has 1 amide bonds. The Morgan fingerprint density at radius 2 is 1.83 bits per heavy atom. The van der Waals surface area contributed by atoms with Crippen LogP contribution in [0.25, 0.3) is 0 Å². The average Bonchev–Trinajstić information content (AvgIpc) is 3.40. The number of sulfonamides is 1. The van der Waals surface area contributed by atoms with E-state index in [0.717, 1.165) is 16.9 Å². The Bertz CT molecular complexity index is 1160. The Balaban J connectivity index is 1.54. The molecule has 30 heavy (non-hydrogen) atoms. The summed E-state index contributed by atoms with van der Waals surface area (Å²) in [6.45, 7) is 2.28. The first-order valence-corrected chi connectivity index (χ1v) is 11.6. The molecule has 0 radical (unpaired) electrons. The van der Waals surface area contributed by atoms with Crippen LogP contribution in [0.4, 0.5) is 10.1 Å². The molecule has 0 saturated carbocycles. The number of aromatic nitrogens is 2. The summed E-state index contributed by atoms with van der Waals surface area (Å²) in [6.07, 6.45) is 1.31. The molecule has 1 N–H and O–H groups in total. The van der Waals surface area contributed by atoms with Gasteiger partial charge in [0.2, 0.25) is 15.0 Å². The Morgan fingerprint density at radius 1 is 1.13 bits per heavy atom. The lowest BCUT2D eigenvalue weighted by Gasteiger charge is -2.22. The molecule has 1 aliphatic heterocycles. The highest BCUT2D eigenvalue weighted by molar-refractivity contribution is 7.89. The van der Waals surface area contributed by atoms with Gasteiger partial charge in [0.15, 0.2) is 0 Å². The molecular weight excluding hydrogens is 427 g/mol. The summed E-state index contributed by atoms with van der Waals surface area (Å²) in [5, 5.41) is 11.3. The topological polar surface area (TPSA) is 92.3 Å². The molecule has 7 nitrogen and oxygen atoms in total. The highest BCUT2D eigenvalue weighted by Crippen LogP contribution is 2.37. The van der Waals surface area contributed by atoms with E-state index in [-0.39, 0.29) is 9.90 Å². The number of benzene rings is 2. The lowest BCUT2D eigenvalue weighted by atomic mass is 10.2. The van der Waals surface area contributed by atoms with E-state index in [4.69, 9.17) is 0 Å². The molecule has 2 heterocycles. The number of amides is 1. The molecule has 3 aromatic rings.